The third-order valence-corrected chi connectivity index (χ3v) is 3.20. The van der Waals surface area contributed by atoms with Crippen LogP contribution in [0.1, 0.15) is 25.3 Å². The number of carbonyl (C=O) groups is 1. The molecule has 0 aliphatic carbocycles. The van der Waals surface area contributed by atoms with Crippen molar-refractivity contribution < 1.29 is 19.5 Å². The Balaban J connectivity index is 2.40. The summed E-state index contributed by atoms with van der Waals surface area (Å²) in [5, 5.41) is 12.3. The van der Waals surface area contributed by atoms with Crippen LogP contribution in [0, 0.1) is 0 Å². The van der Waals surface area contributed by atoms with Crippen molar-refractivity contribution in [2.75, 3.05) is 7.11 Å². The topological polar surface area (TPSA) is 68.1 Å². The van der Waals surface area contributed by atoms with Gasteiger partial charge in [0.25, 0.3) is 0 Å². The fourth-order valence-electron chi connectivity index (χ4n) is 2.08. The molecule has 1 aliphatic rings. The maximum Gasteiger partial charge on any atom is 0.307 e. The maximum atomic E-state index is 11.5. The van der Waals surface area contributed by atoms with Crippen molar-refractivity contribution in [3.63, 3.8) is 0 Å². The highest BCUT2D eigenvalue weighted by molar-refractivity contribution is 5.98. The van der Waals surface area contributed by atoms with Crippen molar-refractivity contribution in [1.82, 2.24) is 0 Å². The van der Waals surface area contributed by atoms with Crippen LogP contribution in [-0.2, 0) is 15.1 Å². The van der Waals surface area contributed by atoms with Crippen LogP contribution in [0.3, 0.4) is 0 Å². The average molecular weight is 249 g/mol. The van der Waals surface area contributed by atoms with Crippen molar-refractivity contribution >= 4 is 11.7 Å². The summed E-state index contributed by atoms with van der Waals surface area (Å²) in [6, 6.07) is 7.14. The van der Waals surface area contributed by atoms with Crippen LogP contribution in [0.15, 0.2) is 29.4 Å². The van der Waals surface area contributed by atoms with Crippen LogP contribution in [0.25, 0.3) is 0 Å². The van der Waals surface area contributed by atoms with Crippen molar-refractivity contribution in [2.45, 2.75) is 25.4 Å². The van der Waals surface area contributed by atoms with E-state index in [1.54, 1.807) is 38.3 Å². The molecule has 1 atom stereocenters. The van der Waals surface area contributed by atoms with Crippen molar-refractivity contribution in [3.8, 4) is 5.75 Å². The highest BCUT2D eigenvalue weighted by atomic mass is 16.6. The number of methoxy groups -OCH3 is 1. The third kappa shape index (κ3) is 2.03. The number of oxime groups is 1. The molecule has 0 spiro atoms. The minimum Gasteiger partial charge on any atom is -0.497 e. The number of cyclic esters (lactones) is 1. The SMILES string of the molecule is COc1ccc(C2(C)OC(=O)CC/C2=N/O)cc1. The molecule has 1 N–H and O–H groups in total. The lowest BCUT2D eigenvalue weighted by Gasteiger charge is -2.34. The van der Waals surface area contributed by atoms with E-state index >= 15 is 0 Å². The molecule has 0 amide bonds. The minimum absolute atomic E-state index is 0.241. The number of benzene rings is 1. The van der Waals surface area contributed by atoms with Gasteiger partial charge >= 0.3 is 5.97 Å². The van der Waals surface area contributed by atoms with E-state index < -0.39 is 5.60 Å². The monoisotopic (exact) mass is 249 g/mol. The van der Waals surface area contributed by atoms with Gasteiger partial charge in [-0.05, 0) is 19.1 Å². The Hall–Kier alpha value is -2.04. The summed E-state index contributed by atoms with van der Waals surface area (Å²) >= 11 is 0. The van der Waals surface area contributed by atoms with Gasteiger partial charge in [-0.3, -0.25) is 4.79 Å². The molecule has 1 unspecified atom stereocenters. The lowest BCUT2D eigenvalue weighted by atomic mass is 9.86. The number of nitrogens with zero attached hydrogens (tertiary/aromatic N) is 1. The summed E-state index contributed by atoms with van der Waals surface area (Å²) in [6.07, 6.45) is 0.642. The zero-order valence-electron chi connectivity index (χ0n) is 10.3. The molecule has 1 saturated heterocycles. The third-order valence-electron chi connectivity index (χ3n) is 3.20. The standard InChI is InChI=1S/C13H15NO4/c1-13(9-3-5-10(17-2)6-4-9)11(14-16)7-8-12(15)18-13/h3-6,16H,7-8H2,1-2H3/b14-11-. The van der Waals surface area contributed by atoms with E-state index in [4.69, 9.17) is 14.7 Å². The van der Waals surface area contributed by atoms with E-state index in [0.717, 1.165) is 5.56 Å². The van der Waals surface area contributed by atoms with Crippen molar-refractivity contribution in [1.29, 1.82) is 0 Å². The summed E-state index contributed by atoms with van der Waals surface area (Å²) in [4.78, 5) is 11.5. The zero-order valence-corrected chi connectivity index (χ0v) is 10.3. The molecule has 2 rings (SSSR count). The molecule has 0 radical (unpaired) electrons. The number of ether oxygens (including phenoxy) is 2. The first kappa shape index (κ1) is 12.4. The molecule has 0 aromatic heterocycles. The van der Waals surface area contributed by atoms with E-state index in [1.807, 2.05) is 0 Å². The predicted octanol–water partition coefficient (Wildman–Crippen LogP) is 2.08. The maximum absolute atomic E-state index is 11.5. The quantitative estimate of drug-likeness (QED) is 0.495. The van der Waals surface area contributed by atoms with E-state index in [0.29, 0.717) is 17.9 Å². The van der Waals surface area contributed by atoms with Gasteiger partial charge in [0.15, 0.2) is 5.60 Å². The van der Waals surface area contributed by atoms with E-state index in [-0.39, 0.29) is 12.4 Å². The summed E-state index contributed by atoms with van der Waals surface area (Å²) in [6.45, 7) is 1.72. The molecule has 1 heterocycles. The molecular weight excluding hydrogens is 234 g/mol. The number of carbonyl (C=O) groups excluding carboxylic acids is 1. The lowest BCUT2D eigenvalue weighted by Crippen LogP contribution is -2.42. The Morgan fingerprint density at radius 1 is 1.33 bits per heavy atom. The second-order valence-corrected chi connectivity index (χ2v) is 4.28. The molecule has 1 fully saturated rings. The second-order valence-electron chi connectivity index (χ2n) is 4.28. The average Bonchev–Trinajstić information content (AvgIpc) is 2.39. The van der Waals surface area contributed by atoms with Crippen molar-refractivity contribution in [2.24, 2.45) is 5.16 Å². The fraction of sp³-hybridized carbons (Fsp3) is 0.385. The second kappa shape index (κ2) is 4.68. The lowest BCUT2D eigenvalue weighted by molar-refractivity contribution is -0.155. The molecule has 5 heteroatoms. The molecule has 0 bridgehead atoms. The fourth-order valence-corrected chi connectivity index (χ4v) is 2.08. The Morgan fingerprint density at radius 3 is 2.56 bits per heavy atom. The smallest absolute Gasteiger partial charge is 0.307 e. The Labute approximate surface area is 105 Å². The van der Waals surface area contributed by atoms with Gasteiger partial charge in [-0.25, -0.2) is 0 Å². The summed E-state index contributed by atoms with van der Waals surface area (Å²) in [5.74, 6) is 0.424. The Morgan fingerprint density at radius 2 is 2.00 bits per heavy atom. The Bertz CT molecular complexity index is 480. The van der Waals surface area contributed by atoms with Gasteiger partial charge in [-0.15, -0.1) is 0 Å². The van der Waals surface area contributed by atoms with Crippen LogP contribution in [0.5, 0.6) is 5.75 Å². The first-order valence-corrected chi connectivity index (χ1v) is 5.68. The number of rotatable bonds is 2. The van der Waals surface area contributed by atoms with Crippen LogP contribution in [0.2, 0.25) is 0 Å². The first-order chi connectivity index (χ1) is 8.60. The van der Waals surface area contributed by atoms with E-state index in [2.05, 4.69) is 5.16 Å². The van der Waals surface area contributed by atoms with Gasteiger partial charge in [0, 0.05) is 12.0 Å². The molecule has 18 heavy (non-hydrogen) atoms. The largest absolute Gasteiger partial charge is 0.497 e. The zero-order chi connectivity index (χ0) is 13.2. The van der Waals surface area contributed by atoms with Crippen LogP contribution >= 0.6 is 0 Å². The molecule has 1 aliphatic heterocycles. The summed E-state index contributed by atoms with van der Waals surface area (Å²) < 4.78 is 10.4. The molecule has 96 valence electrons. The summed E-state index contributed by atoms with van der Waals surface area (Å²) in [5.41, 5.74) is 0.201. The summed E-state index contributed by atoms with van der Waals surface area (Å²) in [7, 11) is 1.58. The predicted molar refractivity (Wildman–Crippen MR) is 64.9 cm³/mol. The number of esters is 1. The highest BCUT2D eigenvalue weighted by Gasteiger charge is 2.41. The van der Waals surface area contributed by atoms with Crippen molar-refractivity contribution in [3.05, 3.63) is 29.8 Å². The number of hydrogen-bond acceptors (Lipinski definition) is 5. The van der Waals surface area contributed by atoms with Gasteiger partial charge in [0.2, 0.25) is 0 Å². The van der Waals surface area contributed by atoms with Crippen LogP contribution in [-0.4, -0.2) is 24.0 Å². The van der Waals surface area contributed by atoms with Gasteiger partial charge in [-0.1, -0.05) is 17.3 Å². The molecule has 5 nitrogen and oxygen atoms in total. The van der Waals surface area contributed by atoms with E-state index in [9.17, 15) is 4.79 Å². The minimum atomic E-state index is -1.00. The molecule has 1 aromatic rings. The van der Waals surface area contributed by atoms with Gasteiger partial charge in [0.05, 0.1) is 13.5 Å². The normalized spacial score (nSPS) is 25.9. The van der Waals surface area contributed by atoms with Gasteiger partial charge < -0.3 is 14.7 Å². The molecule has 0 saturated carbocycles. The van der Waals surface area contributed by atoms with E-state index in [1.165, 1.54) is 0 Å². The van der Waals surface area contributed by atoms with Crippen LogP contribution < -0.4 is 4.74 Å². The Kier molecular flexibility index (Phi) is 3.23. The number of hydrogen-bond donors (Lipinski definition) is 1. The van der Waals surface area contributed by atoms with Gasteiger partial charge in [-0.2, -0.15) is 0 Å². The highest BCUT2D eigenvalue weighted by Crippen LogP contribution is 2.34. The van der Waals surface area contributed by atoms with Crippen LogP contribution in [0.4, 0.5) is 0 Å². The van der Waals surface area contributed by atoms with Gasteiger partial charge in [0.1, 0.15) is 11.5 Å². The molecule has 1 aromatic carbocycles. The first-order valence-electron chi connectivity index (χ1n) is 5.68. The molecular formula is C13H15NO4.